The summed E-state index contributed by atoms with van der Waals surface area (Å²) < 4.78 is 1.75. The summed E-state index contributed by atoms with van der Waals surface area (Å²) in [6, 6.07) is 18.0. The molecule has 0 amide bonds. The van der Waals surface area contributed by atoms with E-state index in [1.807, 2.05) is 0 Å². The zero-order valence-corrected chi connectivity index (χ0v) is 15.8. The molecule has 2 heterocycles. The Balaban J connectivity index is 1.91. The van der Waals surface area contributed by atoms with E-state index in [0.29, 0.717) is 22.2 Å². The van der Waals surface area contributed by atoms with E-state index in [2.05, 4.69) is 4.98 Å². The Hall–Kier alpha value is -4.00. The SMILES string of the molecule is [B]c1cccc(Cn2cc(C(=O)c3ccccc3C(=O)O)c(=O)c3ccccc32)n1. The number of aromatic nitrogens is 2. The molecule has 0 aliphatic rings. The first-order chi connectivity index (χ1) is 14.5. The molecule has 4 rings (SSSR count). The number of carboxylic acids is 1. The Bertz CT molecular complexity index is 1360. The van der Waals surface area contributed by atoms with E-state index < -0.39 is 17.2 Å². The Kier molecular flexibility index (Phi) is 5.02. The van der Waals surface area contributed by atoms with Crippen LogP contribution in [0.15, 0.2) is 77.7 Å². The molecule has 0 aliphatic carbocycles. The first kappa shape index (κ1) is 19.3. The predicted molar refractivity (Wildman–Crippen MR) is 114 cm³/mol. The molecule has 0 saturated carbocycles. The van der Waals surface area contributed by atoms with Crippen LogP contribution in [0.1, 0.15) is 32.0 Å². The summed E-state index contributed by atoms with van der Waals surface area (Å²) in [4.78, 5) is 42.1. The number of ketones is 1. The number of para-hydroxylation sites is 1. The monoisotopic (exact) mass is 394 g/mol. The van der Waals surface area contributed by atoms with Gasteiger partial charge in [-0.3, -0.25) is 14.6 Å². The fraction of sp³-hybridized carbons (Fsp3) is 0.0435. The van der Waals surface area contributed by atoms with Crippen LogP contribution in [-0.4, -0.2) is 34.3 Å². The lowest BCUT2D eigenvalue weighted by Gasteiger charge is -2.14. The Morgan fingerprint density at radius 2 is 1.60 bits per heavy atom. The van der Waals surface area contributed by atoms with Crippen molar-refractivity contribution in [3.05, 3.63) is 106 Å². The van der Waals surface area contributed by atoms with Gasteiger partial charge in [0.25, 0.3) is 0 Å². The molecule has 0 saturated heterocycles. The highest BCUT2D eigenvalue weighted by molar-refractivity contribution is 6.30. The van der Waals surface area contributed by atoms with Crippen LogP contribution in [0.4, 0.5) is 0 Å². The second kappa shape index (κ2) is 7.79. The molecule has 0 bridgehead atoms. The molecule has 0 fully saturated rings. The second-order valence-corrected chi connectivity index (χ2v) is 6.75. The van der Waals surface area contributed by atoms with Crippen molar-refractivity contribution in [1.29, 1.82) is 0 Å². The molecule has 7 heteroatoms. The highest BCUT2D eigenvalue weighted by atomic mass is 16.4. The molecule has 4 aromatic rings. The number of hydrogen-bond donors (Lipinski definition) is 1. The fourth-order valence-electron chi connectivity index (χ4n) is 3.41. The molecule has 2 radical (unpaired) electrons. The van der Waals surface area contributed by atoms with Crippen LogP contribution in [0.25, 0.3) is 10.9 Å². The van der Waals surface area contributed by atoms with Crippen molar-refractivity contribution in [3.63, 3.8) is 0 Å². The zero-order chi connectivity index (χ0) is 21.3. The maximum atomic E-state index is 13.2. The third kappa shape index (κ3) is 3.53. The van der Waals surface area contributed by atoms with Crippen molar-refractivity contribution in [2.24, 2.45) is 0 Å². The molecule has 0 aliphatic heterocycles. The lowest BCUT2D eigenvalue weighted by Crippen LogP contribution is -2.22. The molecule has 1 N–H and O–H groups in total. The van der Waals surface area contributed by atoms with Crippen molar-refractivity contribution in [1.82, 2.24) is 9.55 Å². The van der Waals surface area contributed by atoms with E-state index in [4.69, 9.17) is 7.85 Å². The number of benzene rings is 2. The molecule has 0 unspecified atom stereocenters. The van der Waals surface area contributed by atoms with Gasteiger partial charge in [-0.25, -0.2) is 4.79 Å². The van der Waals surface area contributed by atoms with Gasteiger partial charge in [-0.1, -0.05) is 42.5 Å². The molecular weight excluding hydrogens is 379 g/mol. The quantitative estimate of drug-likeness (QED) is 0.414. The van der Waals surface area contributed by atoms with Gasteiger partial charge in [0.2, 0.25) is 5.43 Å². The molecule has 6 nitrogen and oxygen atoms in total. The van der Waals surface area contributed by atoms with Gasteiger partial charge in [0, 0.05) is 17.1 Å². The van der Waals surface area contributed by atoms with Gasteiger partial charge in [0.15, 0.2) is 5.78 Å². The van der Waals surface area contributed by atoms with Crippen molar-refractivity contribution in [2.75, 3.05) is 0 Å². The second-order valence-electron chi connectivity index (χ2n) is 6.75. The number of pyridine rings is 2. The molecule has 0 spiro atoms. The molecule has 2 aromatic heterocycles. The first-order valence-corrected chi connectivity index (χ1v) is 9.16. The standard InChI is InChI=1S/C23H15BN2O4/c24-20-11-5-6-14(25-20)12-26-13-18(22(28)17-9-3-4-10-19(17)26)21(27)15-7-1-2-8-16(15)23(29)30/h1-11,13H,12H2,(H,29,30). The van der Waals surface area contributed by atoms with Crippen molar-refractivity contribution < 1.29 is 14.7 Å². The lowest BCUT2D eigenvalue weighted by atomic mass is 9.98. The van der Waals surface area contributed by atoms with E-state index in [9.17, 15) is 19.5 Å². The summed E-state index contributed by atoms with van der Waals surface area (Å²) in [5.74, 6) is -1.87. The van der Waals surface area contributed by atoms with E-state index in [1.165, 1.54) is 24.4 Å². The molecule has 2 aromatic carbocycles. The van der Waals surface area contributed by atoms with Crippen molar-refractivity contribution in [2.45, 2.75) is 6.54 Å². The van der Waals surface area contributed by atoms with E-state index in [1.54, 1.807) is 53.1 Å². The van der Waals surface area contributed by atoms with Crippen LogP contribution in [0.2, 0.25) is 0 Å². The van der Waals surface area contributed by atoms with E-state index in [-0.39, 0.29) is 23.2 Å². The van der Waals surface area contributed by atoms with Crippen LogP contribution in [0.5, 0.6) is 0 Å². The van der Waals surface area contributed by atoms with Gasteiger partial charge >= 0.3 is 5.97 Å². The number of carbonyl (C=O) groups is 2. The molecule has 0 atom stereocenters. The van der Waals surface area contributed by atoms with Crippen LogP contribution in [0, 0.1) is 0 Å². The number of nitrogens with zero attached hydrogens (tertiary/aromatic N) is 2. The molecule has 30 heavy (non-hydrogen) atoms. The van der Waals surface area contributed by atoms with Gasteiger partial charge in [0.1, 0.15) is 7.85 Å². The summed E-state index contributed by atoms with van der Waals surface area (Å²) in [5, 5.41) is 9.78. The molecular formula is C23H15BN2O4. The summed E-state index contributed by atoms with van der Waals surface area (Å²) in [5.41, 5.74) is 0.913. The summed E-state index contributed by atoms with van der Waals surface area (Å²) in [6.45, 7) is 0.284. The van der Waals surface area contributed by atoms with E-state index >= 15 is 0 Å². The molecule has 144 valence electrons. The van der Waals surface area contributed by atoms with Crippen molar-refractivity contribution in [3.8, 4) is 0 Å². The number of fused-ring (bicyclic) bond motifs is 1. The maximum absolute atomic E-state index is 13.2. The van der Waals surface area contributed by atoms with Gasteiger partial charge in [0.05, 0.1) is 28.9 Å². The highest BCUT2D eigenvalue weighted by Crippen LogP contribution is 2.18. The zero-order valence-electron chi connectivity index (χ0n) is 15.8. The summed E-state index contributed by atoms with van der Waals surface area (Å²) in [7, 11) is 5.77. The largest absolute Gasteiger partial charge is 0.478 e. The minimum Gasteiger partial charge on any atom is -0.478 e. The van der Waals surface area contributed by atoms with E-state index in [0.717, 1.165) is 0 Å². The maximum Gasteiger partial charge on any atom is 0.336 e. The van der Waals surface area contributed by atoms with Gasteiger partial charge in [-0.15, -0.1) is 0 Å². The number of carbonyl (C=O) groups excluding carboxylic acids is 1. The topological polar surface area (TPSA) is 89.3 Å². The smallest absolute Gasteiger partial charge is 0.336 e. The average Bonchev–Trinajstić information content (AvgIpc) is 2.75. The number of rotatable bonds is 5. The number of carboxylic acid groups (broad SMARTS) is 1. The number of aromatic carboxylic acids is 1. The first-order valence-electron chi connectivity index (χ1n) is 9.16. The van der Waals surface area contributed by atoms with Crippen LogP contribution < -0.4 is 11.0 Å². The minimum atomic E-state index is -1.23. The van der Waals surface area contributed by atoms with Crippen LogP contribution in [0.3, 0.4) is 0 Å². The van der Waals surface area contributed by atoms with Crippen LogP contribution >= 0.6 is 0 Å². The Labute approximate surface area is 172 Å². The van der Waals surface area contributed by atoms with Gasteiger partial charge in [-0.05, 0) is 29.9 Å². The summed E-state index contributed by atoms with van der Waals surface area (Å²) >= 11 is 0. The normalized spacial score (nSPS) is 10.8. The minimum absolute atomic E-state index is 0.0361. The third-order valence-electron chi connectivity index (χ3n) is 4.80. The average molecular weight is 394 g/mol. The van der Waals surface area contributed by atoms with Gasteiger partial charge in [-0.2, -0.15) is 0 Å². The lowest BCUT2D eigenvalue weighted by molar-refractivity contribution is 0.0692. The fourth-order valence-corrected chi connectivity index (χ4v) is 3.41. The predicted octanol–water partition coefficient (Wildman–Crippen LogP) is 2.17. The third-order valence-corrected chi connectivity index (χ3v) is 4.80. The Morgan fingerprint density at radius 3 is 2.33 bits per heavy atom. The van der Waals surface area contributed by atoms with Crippen molar-refractivity contribution >= 4 is 36.1 Å². The van der Waals surface area contributed by atoms with Crippen LogP contribution in [-0.2, 0) is 6.54 Å². The number of hydrogen-bond acceptors (Lipinski definition) is 4. The summed E-state index contributed by atoms with van der Waals surface area (Å²) in [6.07, 6.45) is 1.45. The van der Waals surface area contributed by atoms with Gasteiger partial charge < -0.3 is 9.67 Å². The highest BCUT2D eigenvalue weighted by Gasteiger charge is 2.21. The Morgan fingerprint density at radius 1 is 0.900 bits per heavy atom.